The molecule has 0 saturated carbocycles. The summed E-state index contributed by atoms with van der Waals surface area (Å²) in [6.45, 7) is 10.3. The lowest BCUT2D eigenvalue weighted by Crippen LogP contribution is -2.40. The van der Waals surface area contributed by atoms with Crippen molar-refractivity contribution >= 4 is 6.09 Å². The zero-order valence-electron chi connectivity index (χ0n) is 16.0. The highest BCUT2D eigenvalue weighted by atomic mass is 16.6. The van der Waals surface area contributed by atoms with Gasteiger partial charge in [-0.2, -0.15) is 0 Å². The molecule has 138 valence electrons. The van der Waals surface area contributed by atoms with E-state index < -0.39 is 11.7 Å². The molecule has 1 unspecified atom stereocenters. The second kappa shape index (κ2) is 11.7. The smallest absolute Gasteiger partial charge is 0.407 e. The van der Waals surface area contributed by atoms with Gasteiger partial charge >= 0.3 is 6.09 Å². The first-order chi connectivity index (χ1) is 10.7. The molecule has 23 heavy (non-hydrogen) atoms. The van der Waals surface area contributed by atoms with Crippen molar-refractivity contribution in [2.45, 2.75) is 98.0 Å². The fourth-order valence-corrected chi connectivity index (χ4v) is 2.51. The summed E-state index contributed by atoms with van der Waals surface area (Å²) in [6, 6.07) is 0. The van der Waals surface area contributed by atoms with Crippen LogP contribution in [0.2, 0.25) is 0 Å². The lowest BCUT2D eigenvalue weighted by Gasteiger charge is -2.28. The van der Waals surface area contributed by atoms with Crippen LogP contribution < -0.4 is 5.32 Å². The molecule has 4 nitrogen and oxygen atoms in total. The Morgan fingerprint density at radius 1 is 0.957 bits per heavy atom. The number of aliphatic hydroxyl groups is 1. The summed E-state index contributed by atoms with van der Waals surface area (Å²) in [5.41, 5.74) is -0.753. The Hall–Kier alpha value is -0.770. The average molecular weight is 330 g/mol. The monoisotopic (exact) mass is 329 g/mol. The summed E-state index contributed by atoms with van der Waals surface area (Å²) in [4.78, 5) is 11.7. The molecule has 0 heterocycles. The van der Waals surface area contributed by atoms with Gasteiger partial charge in [0.15, 0.2) is 0 Å². The lowest BCUT2D eigenvalue weighted by molar-refractivity contribution is 0.0470. The van der Waals surface area contributed by atoms with E-state index >= 15 is 0 Å². The fraction of sp³-hybridized carbons (Fsp3) is 0.947. The molecule has 0 aromatic carbocycles. The number of unbranched alkanes of at least 4 members (excludes halogenated alkanes) is 7. The van der Waals surface area contributed by atoms with Crippen LogP contribution in [0.3, 0.4) is 0 Å². The summed E-state index contributed by atoms with van der Waals surface area (Å²) < 4.78 is 5.24. The summed E-state index contributed by atoms with van der Waals surface area (Å²) in [7, 11) is 0. The van der Waals surface area contributed by atoms with Gasteiger partial charge in [-0.05, 0) is 27.2 Å². The number of rotatable bonds is 12. The maximum atomic E-state index is 11.7. The number of hydrogen-bond acceptors (Lipinski definition) is 3. The summed E-state index contributed by atoms with van der Waals surface area (Å²) >= 11 is 0. The van der Waals surface area contributed by atoms with Gasteiger partial charge in [0, 0.05) is 12.0 Å². The predicted molar refractivity (Wildman–Crippen MR) is 96.7 cm³/mol. The van der Waals surface area contributed by atoms with Crippen molar-refractivity contribution in [1.82, 2.24) is 5.32 Å². The van der Waals surface area contributed by atoms with Crippen LogP contribution in [0.1, 0.15) is 92.4 Å². The number of alkyl carbamates (subject to hydrolysis) is 1. The molecule has 0 bridgehead atoms. The largest absolute Gasteiger partial charge is 0.444 e. The van der Waals surface area contributed by atoms with Crippen LogP contribution in [0.25, 0.3) is 0 Å². The first kappa shape index (κ1) is 22.2. The van der Waals surface area contributed by atoms with Gasteiger partial charge in [0.2, 0.25) is 0 Å². The third-order valence-corrected chi connectivity index (χ3v) is 4.07. The number of amides is 1. The second-order valence-electron chi connectivity index (χ2n) is 8.05. The summed E-state index contributed by atoms with van der Waals surface area (Å²) in [5, 5.41) is 12.4. The van der Waals surface area contributed by atoms with Crippen molar-refractivity contribution in [3.05, 3.63) is 0 Å². The molecule has 1 amide bonds. The van der Waals surface area contributed by atoms with Crippen LogP contribution in [0, 0.1) is 5.41 Å². The molecular weight excluding hydrogens is 290 g/mol. The van der Waals surface area contributed by atoms with E-state index in [2.05, 4.69) is 12.2 Å². The maximum absolute atomic E-state index is 11.7. The fourth-order valence-electron chi connectivity index (χ4n) is 2.51. The van der Waals surface area contributed by atoms with Gasteiger partial charge in [-0.15, -0.1) is 0 Å². The standard InChI is InChI=1S/C19H39NO3/c1-6-7-8-9-10-11-12-13-14-19(5,16-21)15-20-17(22)23-18(2,3)4/h21H,6-16H2,1-5H3,(H,20,22). The Labute approximate surface area is 143 Å². The van der Waals surface area contributed by atoms with Crippen molar-refractivity contribution in [3.8, 4) is 0 Å². The SMILES string of the molecule is CCCCCCCCCCC(C)(CO)CNC(=O)OC(C)(C)C. The Kier molecular flexibility index (Phi) is 11.3. The first-order valence-corrected chi connectivity index (χ1v) is 9.30. The molecule has 0 aromatic heterocycles. The normalized spacial score (nSPS) is 14.3. The number of nitrogens with one attached hydrogen (secondary N) is 1. The number of carbonyl (C=O) groups excluding carboxylic acids is 1. The molecule has 0 aliphatic heterocycles. The van der Waals surface area contributed by atoms with Crippen molar-refractivity contribution < 1.29 is 14.6 Å². The highest BCUT2D eigenvalue weighted by Gasteiger charge is 2.25. The third-order valence-electron chi connectivity index (χ3n) is 4.07. The molecule has 4 heteroatoms. The number of hydrogen-bond donors (Lipinski definition) is 2. The van der Waals surface area contributed by atoms with Crippen LogP contribution in [0.15, 0.2) is 0 Å². The predicted octanol–water partition coefficient (Wildman–Crippen LogP) is 5.04. The molecule has 0 saturated heterocycles. The maximum Gasteiger partial charge on any atom is 0.407 e. The lowest BCUT2D eigenvalue weighted by atomic mass is 9.85. The average Bonchev–Trinajstić information content (AvgIpc) is 2.46. The zero-order chi connectivity index (χ0) is 17.8. The van der Waals surface area contributed by atoms with E-state index in [1.165, 1.54) is 44.9 Å². The molecule has 0 rings (SSSR count). The van der Waals surface area contributed by atoms with E-state index in [1.54, 1.807) is 0 Å². The Morgan fingerprint density at radius 2 is 1.48 bits per heavy atom. The Bertz CT molecular complexity index is 312. The van der Waals surface area contributed by atoms with E-state index in [1.807, 2.05) is 27.7 Å². The van der Waals surface area contributed by atoms with Crippen LogP contribution in [0.5, 0.6) is 0 Å². The van der Waals surface area contributed by atoms with E-state index in [4.69, 9.17) is 4.74 Å². The van der Waals surface area contributed by atoms with Gasteiger partial charge < -0.3 is 15.2 Å². The van der Waals surface area contributed by atoms with E-state index in [0.717, 1.165) is 12.8 Å². The minimum absolute atomic E-state index is 0.0826. The van der Waals surface area contributed by atoms with Gasteiger partial charge in [-0.25, -0.2) is 4.79 Å². The number of carbonyl (C=O) groups is 1. The topological polar surface area (TPSA) is 58.6 Å². The van der Waals surface area contributed by atoms with Crippen LogP contribution in [-0.4, -0.2) is 30.0 Å². The molecule has 0 fully saturated rings. The second-order valence-corrected chi connectivity index (χ2v) is 8.05. The Morgan fingerprint density at radius 3 is 1.96 bits per heavy atom. The minimum Gasteiger partial charge on any atom is -0.444 e. The van der Waals surface area contributed by atoms with Gasteiger partial charge in [-0.1, -0.05) is 65.2 Å². The number of ether oxygens (including phenoxy) is 1. The summed E-state index contributed by atoms with van der Waals surface area (Å²) in [6.07, 6.45) is 10.7. The quantitative estimate of drug-likeness (QED) is 0.493. The minimum atomic E-state index is -0.489. The molecular formula is C19H39NO3. The van der Waals surface area contributed by atoms with E-state index in [0.29, 0.717) is 6.54 Å². The first-order valence-electron chi connectivity index (χ1n) is 9.30. The van der Waals surface area contributed by atoms with Gasteiger partial charge in [0.1, 0.15) is 5.60 Å². The molecule has 0 radical (unpaired) electrons. The molecule has 1 atom stereocenters. The van der Waals surface area contributed by atoms with E-state index in [-0.39, 0.29) is 12.0 Å². The van der Waals surface area contributed by atoms with Crippen molar-refractivity contribution in [3.63, 3.8) is 0 Å². The van der Waals surface area contributed by atoms with Gasteiger partial charge in [-0.3, -0.25) is 0 Å². The van der Waals surface area contributed by atoms with E-state index in [9.17, 15) is 9.90 Å². The molecule has 0 aliphatic carbocycles. The molecule has 0 spiro atoms. The summed E-state index contributed by atoms with van der Waals surface area (Å²) in [5.74, 6) is 0. The molecule has 0 aliphatic rings. The zero-order valence-corrected chi connectivity index (χ0v) is 16.0. The highest BCUT2D eigenvalue weighted by molar-refractivity contribution is 5.67. The van der Waals surface area contributed by atoms with Crippen molar-refractivity contribution in [1.29, 1.82) is 0 Å². The van der Waals surface area contributed by atoms with Crippen LogP contribution in [0.4, 0.5) is 4.79 Å². The Balaban J connectivity index is 3.86. The van der Waals surface area contributed by atoms with Gasteiger partial charge in [0.05, 0.1) is 6.61 Å². The number of aliphatic hydroxyl groups excluding tert-OH is 1. The van der Waals surface area contributed by atoms with Crippen LogP contribution in [-0.2, 0) is 4.74 Å². The van der Waals surface area contributed by atoms with Gasteiger partial charge in [0.25, 0.3) is 0 Å². The third kappa shape index (κ3) is 13.4. The molecule has 2 N–H and O–H groups in total. The molecule has 0 aromatic rings. The highest BCUT2D eigenvalue weighted by Crippen LogP contribution is 2.24. The van der Waals surface area contributed by atoms with Crippen molar-refractivity contribution in [2.75, 3.05) is 13.2 Å². The van der Waals surface area contributed by atoms with Crippen molar-refractivity contribution in [2.24, 2.45) is 5.41 Å². The van der Waals surface area contributed by atoms with Crippen LogP contribution >= 0.6 is 0 Å².